The van der Waals surface area contributed by atoms with Crippen LogP contribution in [0.15, 0.2) is 59.5 Å². The molecular formula is C22H18ClFN2O6S. The number of carbonyl (C=O) groups is 2. The van der Waals surface area contributed by atoms with E-state index in [9.17, 15) is 27.5 Å². The molecule has 0 heterocycles. The lowest BCUT2D eigenvalue weighted by Crippen LogP contribution is -2.16. The van der Waals surface area contributed by atoms with Gasteiger partial charge in [0.05, 0.1) is 28.9 Å². The zero-order valence-electron chi connectivity index (χ0n) is 17.3. The maximum Gasteiger partial charge on any atom is 0.337 e. The second-order valence-corrected chi connectivity index (χ2v) is 8.97. The summed E-state index contributed by atoms with van der Waals surface area (Å²) in [6, 6.07) is 10.9. The molecule has 0 bridgehead atoms. The van der Waals surface area contributed by atoms with E-state index in [4.69, 9.17) is 16.3 Å². The van der Waals surface area contributed by atoms with Gasteiger partial charge in [-0.25, -0.2) is 17.6 Å². The number of methoxy groups -OCH3 is 1. The fourth-order valence-corrected chi connectivity index (χ4v) is 4.11. The number of carbonyl (C=O) groups excluding carboxylic acids is 1. The minimum absolute atomic E-state index is 0.0644. The first-order valence-electron chi connectivity index (χ1n) is 9.33. The maximum atomic E-state index is 13.3. The smallest absolute Gasteiger partial charge is 0.337 e. The van der Waals surface area contributed by atoms with E-state index in [0.717, 1.165) is 18.2 Å². The van der Waals surface area contributed by atoms with Gasteiger partial charge in [0.15, 0.2) is 0 Å². The van der Waals surface area contributed by atoms with Gasteiger partial charge in [0.25, 0.3) is 15.9 Å². The Balaban J connectivity index is 1.82. The summed E-state index contributed by atoms with van der Waals surface area (Å²) in [5.41, 5.74) is 0.383. The molecular weight excluding hydrogens is 475 g/mol. The van der Waals surface area contributed by atoms with Gasteiger partial charge in [-0.3, -0.25) is 9.52 Å². The molecule has 1 amide bonds. The predicted octanol–water partition coefficient (Wildman–Crippen LogP) is 4.55. The third-order valence-electron chi connectivity index (χ3n) is 4.61. The second kappa shape index (κ2) is 9.47. The molecule has 3 N–H and O–H groups in total. The summed E-state index contributed by atoms with van der Waals surface area (Å²) in [5.74, 6) is -2.64. The lowest BCUT2D eigenvalue weighted by Gasteiger charge is -2.14. The highest BCUT2D eigenvalue weighted by Crippen LogP contribution is 2.32. The molecule has 0 aliphatic rings. The van der Waals surface area contributed by atoms with Gasteiger partial charge in [0, 0.05) is 16.7 Å². The van der Waals surface area contributed by atoms with Crippen molar-refractivity contribution in [2.24, 2.45) is 0 Å². The summed E-state index contributed by atoms with van der Waals surface area (Å²) in [5, 5.41) is 12.0. The number of ether oxygens (including phenoxy) is 1. The minimum atomic E-state index is -4.02. The zero-order valence-corrected chi connectivity index (χ0v) is 18.9. The largest absolute Gasteiger partial charge is 0.495 e. The number of aromatic carboxylic acids is 1. The third-order valence-corrected chi connectivity index (χ3v) is 6.40. The van der Waals surface area contributed by atoms with E-state index in [2.05, 4.69) is 10.0 Å². The van der Waals surface area contributed by atoms with E-state index in [1.54, 1.807) is 6.92 Å². The van der Waals surface area contributed by atoms with Crippen LogP contribution in [0.5, 0.6) is 5.75 Å². The predicted molar refractivity (Wildman–Crippen MR) is 121 cm³/mol. The van der Waals surface area contributed by atoms with E-state index in [0.29, 0.717) is 10.6 Å². The number of rotatable bonds is 7. The van der Waals surface area contributed by atoms with Gasteiger partial charge in [-0.05, 0) is 61.0 Å². The molecule has 0 spiro atoms. The van der Waals surface area contributed by atoms with Crippen LogP contribution in [0.1, 0.15) is 26.3 Å². The van der Waals surface area contributed by atoms with Crippen LogP contribution in [0, 0.1) is 12.7 Å². The Morgan fingerprint density at radius 2 is 1.70 bits per heavy atom. The molecule has 33 heavy (non-hydrogen) atoms. The van der Waals surface area contributed by atoms with Crippen LogP contribution in [0.2, 0.25) is 5.02 Å². The number of amides is 1. The topological polar surface area (TPSA) is 122 Å². The van der Waals surface area contributed by atoms with Crippen molar-refractivity contribution in [3.8, 4) is 5.75 Å². The van der Waals surface area contributed by atoms with Gasteiger partial charge >= 0.3 is 5.97 Å². The summed E-state index contributed by atoms with van der Waals surface area (Å²) in [7, 11) is -2.65. The average molecular weight is 493 g/mol. The van der Waals surface area contributed by atoms with Crippen LogP contribution in [-0.4, -0.2) is 32.5 Å². The van der Waals surface area contributed by atoms with Gasteiger partial charge in [0.2, 0.25) is 0 Å². The fourth-order valence-electron chi connectivity index (χ4n) is 2.90. The number of hydrogen-bond donors (Lipinski definition) is 3. The monoisotopic (exact) mass is 492 g/mol. The van der Waals surface area contributed by atoms with Crippen LogP contribution >= 0.6 is 11.6 Å². The molecule has 0 radical (unpaired) electrons. The van der Waals surface area contributed by atoms with Crippen molar-refractivity contribution in [1.82, 2.24) is 0 Å². The van der Waals surface area contributed by atoms with Gasteiger partial charge in [-0.15, -0.1) is 0 Å². The second-order valence-electron chi connectivity index (χ2n) is 6.88. The zero-order chi connectivity index (χ0) is 24.3. The lowest BCUT2D eigenvalue weighted by molar-refractivity contribution is 0.0697. The van der Waals surface area contributed by atoms with Gasteiger partial charge in [-0.1, -0.05) is 11.6 Å². The number of carboxylic acids is 1. The molecule has 0 fully saturated rings. The Labute approximate surface area is 194 Å². The SMILES string of the molecule is COc1cc(Cl)c(C)cc1NS(=O)(=O)c1ccc(C(=O)Nc2ccc(F)cc2C(=O)O)cc1. The minimum Gasteiger partial charge on any atom is -0.495 e. The summed E-state index contributed by atoms with van der Waals surface area (Å²) in [4.78, 5) is 23.6. The molecule has 8 nitrogen and oxygen atoms in total. The van der Waals surface area contributed by atoms with Crippen molar-refractivity contribution < 1.29 is 32.2 Å². The van der Waals surface area contributed by atoms with Crippen molar-refractivity contribution in [3.63, 3.8) is 0 Å². The maximum absolute atomic E-state index is 13.3. The Kier molecular flexibility index (Phi) is 6.89. The molecule has 11 heteroatoms. The number of sulfonamides is 1. The normalized spacial score (nSPS) is 11.0. The number of nitrogens with one attached hydrogen (secondary N) is 2. The number of hydrogen-bond acceptors (Lipinski definition) is 5. The van der Waals surface area contributed by atoms with Crippen molar-refractivity contribution in [3.05, 3.63) is 82.1 Å². The van der Waals surface area contributed by atoms with Crippen molar-refractivity contribution in [2.75, 3.05) is 17.1 Å². The molecule has 0 aliphatic heterocycles. The molecule has 0 aliphatic carbocycles. The number of aryl methyl sites for hydroxylation is 1. The van der Waals surface area contributed by atoms with E-state index >= 15 is 0 Å². The Hall–Kier alpha value is -3.63. The summed E-state index contributed by atoms with van der Waals surface area (Å²) in [6.07, 6.45) is 0. The first kappa shape index (κ1) is 24.0. The molecule has 0 saturated heterocycles. The van der Waals surface area contributed by atoms with Gasteiger partial charge in [0.1, 0.15) is 11.6 Å². The van der Waals surface area contributed by atoms with E-state index < -0.39 is 33.3 Å². The summed E-state index contributed by atoms with van der Waals surface area (Å²) in [6.45, 7) is 1.71. The van der Waals surface area contributed by atoms with Gasteiger partial charge < -0.3 is 15.2 Å². The molecule has 3 aromatic carbocycles. The number of carboxylic acid groups (broad SMARTS) is 1. The Morgan fingerprint density at radius 3 is 2.30 bits per heavy atom. The molecule has 3 aromatic rings. The highest BCUT2D eigenvalue weighted by molar-refractivity contribution is 7.92. The Morgan fingerprint density at radius 1 is 1.03 bits per heavy atom. The third kappa shape index (κ3) is 5.41. The van der Waals surface area contributed by atoms with Crippen LogP contribution in [-0.2, 0) is 10.0 Å². The summed E-state index contributed by atoms with van der Waals surface area (Å²) >= 11 is 6.05. The van der Waals surface area contributed by atoms with E-state index in [1.165, 1.54) is 43.5 Å². The first-order valence-corrected chi connectivity index (χ1v) is 11.2. The molecule has 0 saturated carbocycles. The quantitative estimate of drug-likeness (QED) is 0.445. The highest BCUT2D eigenvalue weighted by Gasteiger charge is 2.19. The molecule has 172 valence electrons. The van der Waals surface area contributed by atoms with E-state index in [1.807, 2.05) is 0 Å². The van der Waals surface area contributed by atoms with Crippen LogP contribution < -0.4 is 14.8 Å². The highest BCUT2D eigenvalue weighted by atomic mass is 35.5. The fraction of sp³-hybridized carbons (Fsp3) is 0.0909. The van der Waals surface area contributed by atoms with Crippen LogP contribution in [0.25, 0.3) is 0 Å². The summed E-state index contributed by atoms with van der Waals surface area (Å²) < 4.78 is 46.5. The van der Waals surface area contributed by atoms with Crippen molar-refractivity contribution in [2.45, 2.75) is 11.8 Å². The first-order chi connectivity index (χ1) is 15.5. The van der Waals surface area contributed by atoms with Crippen LogP contribution in [0.4, 0.5) is 15.8 Å². The standard InChI is InChI=1S/C22H18ClFN2O6S/c1-12-9-19(20(32-2)11-17(12)23)26-33(30,31)15-6-3-13(4-7-15)21(27)25-18-8-5-14(24)10-16(18)22(28)29/h3-11,26H,1-2H3,(H,25,27)(H,28,29). The lowest BCUT2D eigenvalue weighted by atomic mass is 10.1. The average Bonchev–Trinajstić information content (AvgIpc) is 2.77. The number of anilines is 2. The molecule has 3 rings (SSSR count). The number of halogens is 2. The van der Waals surface area contributed by atoms with Crippen LogP contribution in [0.3, 0.4) is 0 Å². The Bertz CT molecular complexity index is 1340. The number of benzene rings is 3. The van der Waals surface area contributed by atoms with Gasteiger partial charge in [-0.2, -0.15) is 0 Å². The van der Waals surface area contributed by atoms with Crippen molar-refractivity contribution >= 4 is 44.9 Å². The molecule has 0 atom stereocenters. The van der Waals surface area contributed by atoms with E-state index in [-0.39, 0.29) is 27.6 Å². The molecule has 0 aromatic heterocycles. The van der Waals surface area contributed by atoms with Crippen molar-refractivity contribution in [1.29, 1.82) is 0 Å². The molecule has 0 unspecified atom stereocenters.